The number of fused-ring (bicyclic) bond motifs is 3. The van der Waals surface area contributed by atoms with Gasteiger partial charge < -0.3 is 14.8 Å². The fourth-order valence-corrected chi connectivity index (χ4v) is 4.89. The molecule has 2 atom stereocenters. The monoisotopic (exact) mass is 351 g/mol. The number of nitrogens with zero attached hydrogens (tertiary/aromatic N) is 4. The second-order valence-corrected chi connectivity index (χ2v) is 7.95. The number of carbonyl (C=O) groups excluding carboxylic acids is 1. The van der Waals surface area contributed by atoms with E-state index in [0.29, 0.717) is 31.0 Å². The van der Waals surface area contributed by atoms with E-state index >= 15 is 0 Å². The molecule has 0 saturated carbocycles. The average Bonchev–Trinajstić information content (AvgIpc) is 3.24. The molecular weight excluding hydrogens is 326 g/mol. The molecule has 1 aromatic carbocycles. The largest absolute Gasteiger partial charge is 0.333 e. The molecule has 1 N–H and O–H groups in total. The molecule has 6 heteroatoms. The van der Waals surface area contributed by atoms with Crippen molar-refractivity contribution in [2.24, 2.45) is 5.92 Å². The van der Waals surface area contributed by atoms with E-state index in [2.05, 4.69) is 32.2 Å². The maximum atomic E-state index is 12.8. The van der Waals surface area contributed by atoms with Crippen molar-refractivity contribution < 1.29 is 4.79 Å². The van der Waals surface area contributed by atoms with Crippen LogP contribution in [-0.2, 0) is 17.9 Å². The van der Waals surface area contributed by atoms with E-state index in [1.165, 1.54) is 12.8 Å². The highest BCUT2D eigenvalue weighted by Gasteiger charge is 2.35. The van der Waals surface area contributed by atoms with Crippen LogP contribution in [0, 0.1) is 5.92 Å². The van der Waals surface area contributed by atoms with Gasteiger partial charge in [-0.1, -0.05) is 30.3 Å². The first kappa shape index (κ1) is 16.0. The van der Waals surface area contributed by atoms with Gasteiger partial charge in [-0.25, -0.2) is 0 Å². The minimum atomic E-state index is 0.284. The number of nitrogens with one attached hydrogen (secondary N) is 1. The zero-order valence-corrected chi connectivity index (χ0v) is 15.0. The molecule has 0 spiro atoms. The highest BCUT2D eigenvalue weighted by Crippen LogP contribution is 2.33. The summed E-state index contributed by atoms with van der Waals surface area (Å²) in [5.41, 5.74) is 1.08. The van der Waals surface area contributed by atoms with Crippen molar-refractivity contribution in [1.29, 1.82) is 0 Å². The molecule has 2 bridgehead atoms. The molecule has 2 saturated heterocycles. The van der Waals surface area contributed by atoms with Crippen LogP contribution in [0.1, 0.15) is 37.9 Å². The first-order chi connectivity index (χ1) is 12.8. The fourth-order valence-electron chi connectivity index (χ4n) is 4.89. The quantitative estimate of drug-likeness (QED) is 0.921. The van der Waals surface area contributed by atoms with E-state index in [0.717, 1.165) is 43.1 Å². The zero-order valence-electron chi connectivity index (χ0n) is 15.0. The Labute approximate surface area is 153 Å². The molecule has 3 aliphatic rings. The van der Waals surface area contributed by atoms with Crippen molar-refractivity contribution in [2.45, 2.75) is 57.3 Å². The number of hydrogen-bond acceptors (Lipinski definition) is 4. The van der Waals surface area contributed by atoms with Gasteiger partial charge in [-0.2, -0.15) is 0 Å². The molecule has 2 fully saturated rings. The summed E-state index contributed by atoms with van der Waals surface area (Å²) in [4.78, 5) is 14.8. The van der Waals surface area contributed by atoms with E-state index in [1.54, 1.807) is 0 Å². The van der Waals surface area contributed by atoms with E-state index in [1.807, 2.05) is 23.1 Å². The summed E-state index contributed by atoms with van der Waals surface area (Å²) in [5.74, 6) is 2.63. The van der Waals surface area contributed by atoms with Crippen LogP contribution in [0.25, 0.3) is 11.4 Å². The third-order valence-corrected chi connectivity index (χ3v) is 6.17. The average molecular weight is 351 g/mol. The molecule has 26 heavy (non-hydrogen) atoms. The second-order valence-electron chi connectivity index (χ2n) is 7.95. The molecule has 6 nitrogen and oxygen atoms in total. The van der Waals surface area contributed by atoms with Gasteiger partial charge in [0.1, 0.15) is 0 Å². The summed E-state index contributed by atoms with van der Waals surface area (Å²) in [5, 5.41) is 12.4. The van der Waals surface area contributed by atoms with Gasteiger partial charge in [0, 0.05) is 37.2 Å². The smallest absolute Gasteiger partial charge is 0.223 e. The number of hydrogen-bond donors (Lipinski definition) is 1. The van der Waals surface area contributed by atoms with Crippen molar-refractivity contribution in [1.82, 2.24) is 25.0 Å². The highest BCUT2D eigenvalue weighted by molar-refractivity contribution is 5.76. The van der Waals surface area contributed by atoms with E-state index in [9.17, 15) is 4.79 Å². The van der Waals surface area contributed by atoms with Gasteiger partial charge in [-0.15, -0.1) is 10.2 Å². The molecule has 4 heterocycles. The maximum absolute atomic E-state index is 12.8. The van der Waals surface area contributed by atoms with Crippen molar-refractivity contribution in [2.75, 3.05) is 6.54 Å². The van der Waals surface area contributed by atoms with E-state index in [-0.39, 0.29) is 5.91 Å². The molecule has 1 aromatic heterocycles. The Morgan fingerprint density at radius 2 is 1.85 bits per heavy atom. The molecule has 2 aromatic rings. The maximum Gasteiger partial charge on any atom is 0.223 e. The Kier molecular flexibility index (Phi) is 4.00. The van der Waals surface area contributed by atoms with Crippen molar-refractivity contribution >= 4 is 5.91 Å². The number of aromatic nitrogens is 3. The van der Waals surface area contributed by atoms with Gasteiger partial charge in [-0.05, 0) is 31.6 Å². The van der Waals surface area contributed by atoms with Crippen LogP contribution in [0.4, 0.5) is 0 Å². The molecule has 2 unspecified atom stereocenters. The predicted molar refractivity (Wildman–Crippen MR) is 98.2 cm³/mol. The number of rotatable bonds is 3. The van der Waals surface area contributed by atoms with E-state index < -0.39 is 0 Å². The lowest BCUT2D eigenvalue weighted by molar-refractivity contribution is -0.134. The number of benzene rings is 1. The fraction of sp³-hybridized carbons (Fsp3) is 0.550. The summed E-state index contributed by atoms with van der Waals surface area (Å²) < 4.78 is 2.16. The minimum Gasteiger partial charge on any atom is -0.333 e. The molecular formula is C20H25N5O. The Bertz CT molecular complexity index is 790. The van der Waals surface area contributed by atoms with Gasteiger partial charge in [-0.3, -0.25) is 4.79 Å². The number of piperidine rings is 1. The highest BCUT2D eigenvalue weighted by atomic mass is 16.2. The lowest BCUT2D eigenvalue weighted by atomic mass is 9.89. The first-order valence-electron chi connectivity index (χ1n) is 9.77. The van der Waals surface area contributed by atoms with Crippen LogP contribution in [0.3, 0.4) is 0 Å². The lowest BCUT2D eigenvalue weighted by Gasteiger charge is -2.32. The first-order valence-corrected chi connectivity index (χ1v) is 9.77. The molecule has 5 rings (SSSR count). The number of carbonyl (C=O) groups is 1. The standard InChI is InChI=1S/C20H25N5O/c26-19(12-14-10-16-6-7-17(11-14)21-16)24-8-9-25-18(13-24)22-23-20(25)15-4-2-1-3-5-15/h1-5,14,16-17,21H,6-13H2. The van der Waals surface area contributed by atoms with Crippen molar-refractivity contribution in [3.8, 4) is 11.4 Å². The van der Waals surface area contributed by atoms with Crippen LogP contribution < -0.4 is 5.32 Å². The SMILES string of the molecule is O=C(CC1CC2CCC(C1)N2)N1CCn2c(nnc2-c2ccccc2)C1. The van der Waals surface area contributed by atoms with Gasteiger partial charge in [0.2, 0.25) is 5.91 Å². The van der Waals surface area contributed by atoms with Gasteiger partial charge >= 0.3 is 0 Å². The summed E-state index contributed by atoms with van der Waals surface area (Å²) >= 11 is 0. The van der Waals surface area contributed by atoms with Crippen LogP contribution in [0.15, 0.2) is 30.3 Å². The second kappa shape index (κ2) is 6.50. The van der Waals surface area contributed by atoms with Crippen LogP contribution in [0.2, 0.25) is 0 Å². The van der Waals surface area contributed by atoms with Crippen LogP contribution in [0.5, 0.6) is 0 Å². The Balaban J connectivity index is 1.26. The Morgan fingerprint density at radius 3 is 2.62 bits per heavy atom. The molecule has 0 radical (unpaired) electrons. The zero-order chi connectivity index (χ0) is 17.5. The summed E-state index contributed by atoms with van der Waals surface area (Å²) in [6.45, 7) is 2.10. The third kappa shape index (κ3) is 2.92. The van der Waals surface area contributed by atoms with Gasteiger partial charge in [0.15, 0.2) is 11.6 Å². The topological polar surface area (TPSA) is 63.1 Å². The third-order valence-electron chi connectivity index (χ3n) is 6.17. The molecule has 1 amide bonds. The van der Waals surface area contributed by atoms with Crippen molar-refractivity contribution in [3.05, 3.63) is 36.2 Å². The summed E-state index contributed by atoms with van der Waals surface area (Å²) in [6, 6.07) is 11.4. The van der Waals surface area contributed by atoms with Gasteiger partial charge in [0.25, 0.3) is 0 Å². The number of amides is 1. The molecule has 136 valence electrons. The summed E-state index contributed by atoms with van der Waals surface area (Å²) in [7, 11) is 0. The van der Waals surface area contributed by atoms with Crippen molar-refractivity contribution in [3.63, 3.8) is 0 Å². The van der Waals surface area contributed by atoms with Gasteiger partial charge in [0.05, 0.1) is 6.54 Å². The van der Waals surface area contributed by atoms with Crippen LogP contribution in [-0.4, -0.2) is 44.2 Å². The molecule has 0 aliphatic carbocycles. The van der Waals surface area contributed by atoms with E-state index in [4.69, 9.17) is 0 Å². The normalized spacial score (nSPS) is 27.4. The Hall–Kier alpha value is -2.21. The Morgan fingerprint density at radius 1 is 1.08 bits per heavy atom. The summed E-state index contributed by atoms with van der Waals surface area (Å²) in [6.07, 6.45) is 5.57. The molecule has 3 aliphatic heterocycles. The predicted octanol–water partition coefficient (Wildman–Crippen LogP) is 2.21. The van der Waals surface area contributed by atoms with Crippen LogP contribution >= 0.6 is 0 Å². The minimum absolute atomic E-state index is 0.284. The lowest BCUT2D eigenvalue weighted by Crippen LogP contribution is -2.42.